The average molecular weight is 628 g/mol. The van der Waals surface area contributed by atoms with Gasteiger partial charge < -0.3 is 4.74 Å². The van der Waals surface area contributed by atoms with E-state index in [4.69, 9.17) is 0 Å². The van der Waals surface area contributed by atoms with Crippen molar-refractivity contribution in [3.8, 4) is 28.1 Å². The van der Waals surface area contributed by atoms with Crippen molar-refractivity contribution in [2.75, 3.05) is 0 Å². The van der Waals surface area contributed by atoms with Crippen molar-refractivity contribution in [3.05, 3.63) is 94.6 Å². The van der Waals surface area contributed by atoms with Crippen LogP contribution in [0.1, 0.15) is 37.7 Å². The molecule has 1 aliphatic carbocycles. The topological polar surface area (TPSA) is 22.1 Å². The number of halogens is 8. The second-order valence-corrected chi connectivity index (χ2v) is 10.1. The van der Waals surface area contributed by atoms with Gasteiger partial charge in [0.05, 0.1) is 11.3 Å². The number of alkyl halides is 3. The van der Waals surface area contributed by atoms with Crippen LogP contribution in [0.25, 0.3) is 22.4 Å². The Morgan fingerprint density at radius 3 is 1.90 bits per heavy atom. The van der Waals surface area contributed by atoms with Crippen LogP contribution in [0.3, 0.4) is 0 Å². The second kappa shape index (κ2) is 13.0. The molecule has 1 aliphatic rings. The van der Waals surface area contributed by atoms with E-state index in [0.29, 0.717) is 23.1 Å². The molecule has 0 amide bonds. The molecule has 1 aromatic heterocycles. The standard InChI is InChI=1S/C30H25BrF7NO/c31-16-15-19-7-5-18(6-8-19)3-1-2-4-20-9-14-23(39-17-20)21-10-12-22(13-11-21)24-25(32)27(34)29(28(35)26(24)33)40-30(36,37)38/h1,3,9-19H,2,4-8H2/b3-1+,16-15+/t18-,19-. The molecule has 0 radical (unpaired) electrons. The number of benzene rings is 2. The Bertz CT molecular complexity index is 1330. The fraction of sp³-hybridized carbons (Fsp3) is 0.300. The second-order valence-electron chi connectivity index (χ2n) is 9.60. The monoisotopic (exact) mass is 627 g/mol. The molecule has 0 unspecified atom stereocenters. The summed E-state index contributed by atoms with van der Waals surface area (Å²) in [6.07, 6.45) is 9.40. The molecule has 0 atom stereocenters. The molecule has 4 rings (SSSR count). The van der Waals surface area contributed by atoms with Crippen LogP contribution in [0, 0.1) is 35.1 Å². The van der Waals surface area contributed by atoms with Crippen molar-refractivity contribution < 1.29 is 35.5 Å². The summed E-state index contributed by atoms with van der Waals surface area (Å²) in [5.74, 6) is -9.47. The number of hydrogen-bond acceptors (Lipinski definition) is 2. The third-order valence-corrected chi connectivity index (χ3v) is 7.21. The molecule has 3 aromatic rings. The van der Waals surface area contributed by atoms with Gasteiger partial charge in [-0.2, -0.15) is 8.78 Å². The highest BCUT2D eigenvalue weighted by molar-refractivity contribution is 9.11. The van der Waals surface area contributed by atoms with E-state index in [9.17, 15) is 30.7 Å². The van der Waals surface area contributed by atoms with Crippen molar-refractivity contribution >= 4 is 15.9 Å². The van der Waals surface area contributed by atoms with Crippen molar-refractivity contribution in [2.24, 2.45) is 11.8 Å². The van der Waals surface area contributed by atoms with E-state index in [1.807, 2.05) is 11.1 Å². The number of rotatable bonds is 8. The molecule has 0 bridgehead atoms. The predicted molar refractivity (Wildman–Crippen MR) is 143 cm³/mol. The summed E-state index contributed by atoms with van der Waals surface area (Å²) in [5, 5.41) is 0. The summed E-state index contributed by atoms with van der Waals surface area (Å²) >= 11 is 3.34. The first kappa shape index (κ1) is 29.8. The molecule has 1 saturated carbocycles. The molecule has 0 spiro atoms. The summed E-state index contributed by atoms with van der Waals surface area (Å²) in [6.45, 7) is 0. The van der Waals surface area contributed by atoms with Gasteiger partial charge in [-0.1, -0.05) is 64.5 Å². The van der Waals surface area contributed by atoms with Crippen molar-refractivity contribution in [2.45, 2.75) is 44.9 Å². The Morgan fingerprint density at radius 1 is 0.800 bits per heavy atom. The van der Waals surface area contributed by atoms with E-state index in [1.165, 1.54) is 49.9 Å². The van der Waals surface area contributed by atoms with Crippen LogP contribution in [0.15, 0.2) is 65.8 Å². The Labute approximate surface area is 235 Å². The first-order valence-electron chi connectivity index (χ1n) is 12.7. The molecule has 0 aliphatic heterocycles. The molecule has 1 fully saturated rings. The van der Waals surface area contributed by atoms with Crippen LogP contribution in [-0.2, 0) is 6.42 Å². The number of pyridine rings is 1. The molecule has 1 heterocycles. The maximum absolute atomic E-state index is 14.5. The largest absolute Gasteiger partial charge is 0.573 e. The molecule has 10 heteroatoms. The summed E-state index contributed by atoms with van der Waals surface area (Å²) in [5.41, 5.74) is 0.752. The summed E-state index contributed by atoms with van der Waals surface area (Å²) < 4.78 is 97.4. The number of hydrogen-bond donors (Lipinski definition) is 0. The number of aromatic nitrogens is 1. The van der Waals surface area contributed by atoms with Crippen LogP contribution >= 0.6 is 15.9 Å². The van der Waals surface area contributed by atoms with Gasteiger partial charge in [-0.15, -0.1) is 13.2 Å². The zero-order valence-corrected chi connectivity index (χ0v) is 22.7. The van der Waals surface area contributed by atoms with Gasteiger partial charge in [-0.25, -0.2) is 8.78 Å². The molecule has 2 aromatic carbocycles. The number of aryl methyl sites for hydroxylation is 1. The van der Waals surface area contributed by atoms with Crippen molar-refractivity contribution in [3.63, 3.8) is 0 Å². The zero-order valence-electron chi connectivity index (χ0n) is 21.1. The minimum absolute atomic E-state index is 0.272. The van der Waals surface area contributed by atoms with E-state index in [-0.39, 0.29) is 5.56 Å². The fourth-order valence-corrected chi connectivity index (χ4v) is 5.22. The van der Waals surface area contributed by atoms with Gasteiger partial charge in [0.1, 0.15) is 0 Å². The van der Waals surface area contributed by atoms with E-state index in [0.717, 1.165) is 18.4 Å². The minimum Gasteiger partial charge on any atom is -0.399 e. The molecular formula is C30H25BrF7NO. The molecule has 40 heavy (non-hydrogen) atoms. The van der Waals surface area contributed by atoms with Gasteiger partial charge >= 0.3 is 6.36 Å². The lowest BCUT2D eigenvalue weighted by atomic mass is 9.82. The van der Waals surface area contributed by atoms with Crippen molar-refractivity contribution in [1.29, 1.82) is 0 Å². The summed E-state index contributed by atoms with van der Waals surface area (Å²) in [4.78, 5) is 6.37. The highest BCUT2D eigenvalue weighted by Crippen LogP contribution is 2.38. The fourth-order valence-electron chi connectivity index (χ4n) is 4.79. The number of nitrogens with zero attached hydrogens (tertiary/aromatic N) is 1. The molecular weight excluding hydrogens is 603 g/mol. The highest BCUT2D eigenvalue weighted by Gasteiger charge is 2.37. The minimum atomic E-state index is -5.53. The Balaban J connectivity index is 1.39. The van der Waals surface area contributed by atoms with Gasteiger partial charge in [-0.3, -0.25) is 4.98 Å². The number of allylic oxidation sites excluding steroid dienone is 3. The first-order valence-corrected chi connectivity index (χ1v) is 13.6. The maximum atomic E-state index is 14.5. The van der Waals surface area contributed by atoms with Gasteiger partial charge in [-0.05, 0) is 72.5 Å². The van der Waals surface area contributed by atoms with Gasteiger partial charge in [0.2, 0.25) is 17.4 Å². The van der Waals surface area contributed by atoms with E-state index >= 15 is 0 Å². The maximum Gasteiger partial charge on any atom is 0.573 e. The first-order chi connectivity index (χ1) is 19.1. The molecule has 0 N–H and O–H groups in total. The predicted octanol–water partition coefficient (Wildman–Crippen LogP) is 10.1. The summed E-state index contributed by atoms with van der Waals surface area (Å²) in [7, 11) is 0. The third-order valence-electron chi connectivity index (χ3n) is 6.90. The van der Waals surface area contributed by atoms with Crippen LogP contribution in [-0.4, -0.2) is 11.3 Å². The zero-order chi connectivity index (χ0) is 28.9. The highest BCUT2D eigenvalue weighted by atomic mass is 79.9. The number of ether oxygens (including phenoxy) is 1. The lowest BCUT2D eigenvalue weighted by Crippen LogP contribution is -2.20. The van der Waals surface area contributed by atoms with Gasteiger partial charge in [0.15, 0.2) is 11.6 Å². The van der Waals surface area contributed by atoms with Crippen LogP contribution in [0.2, 0.25) is 0 Å². The Hall–Kier alpha value is -3.14. The van der Waals surface area contributed by atoms with Crippen LogP contribution in [0.4, 0.5) is 30.7 Å². The Morgan fingerprint density at radius 2 is 1.38 bits per heavy atom. The van der Waals surface area contributed by atoms with Crippen LogP contribution in [0.5, 0.6) is 5.75 Å². The Kier molecular flexibility index (Phi) is 9.71. The van der Waals surface area contributed by atoms with E-state index in [2.05, 4.69) is 43.9 Å². The van der Waals surface area contributed by atoms with Gasteiger partial charge in [0, 0.05) is 11.8 Å². The third kappa shape index (κ3) is 7.33. The lowest BCUT2D eigenvalue weighted by molar-refractivity contribution is -0.276. The van der Waals surface area contributed by atoms with Crippen LogP contribution < -0.4 is 4.74 Å². The quantitative estimate of drug-likeness (QED) is 0.141. The van der Waals surface area contributed by atoms with E-state index in [1.54, 1.807) is 12.3 Å². The SMILES string of the molecule is Fc1c(F)c(-c2ccc(-c3ccc(CC/C=C/[C@H]4CC[C@H](/C=C/Br)CC4)cn3)cc2)c(F)c(F)c1OC(F)(F)F. The smallest absolute Gasteiger partial charge is 0.399 e. The lowest BCUT2D eigenvalue weighted by Gasteiger charge is -2.24. The van der Waals surface area contributed by atoms with Crippen molar-refractivity contribution in [1.82, 2.24) is 4.98 Å². The summed E-state index contributed by atoms with van der Waals surface area (Å²) in [6, 6.07) is 8.99. The molecule has 212 valence electrons. The average Bonchev–Trinajstić information content (AvgIpc) is 2.94. The normalized spacial score (nSPS) is 18.1. The molecule has 2 nitrogen and oxygen atoms in total. The van der Waals surface area contributed by atoms with Gasteiger partial charge in [0.25, 0.3) is 0 Å². The molecule has 0 saturated heterocycles. The van der Waals surface area contributed by atoms with E-state index < -0.39 is 40.9 Å².